The summed E-state index contributed by atoms with van der Waals surface area (Å²) in [4.78, 5) is 2.28. The van der Waals surface area contributed by atoms with Gasteiger partial charge in [0.15, 0.2) is 0 Å². The average Bonchev–Trinajstić information content (AvgIpc) is 3.38. The molecule has 2 atom stereocenters. The molecule has 0 bridgehead atoms. The minimum absolute atomic E-state index is 0.0557. The van der Waals surface area contributed by atoms with Gasteiger partial charge in [0.2, 0.25) is 0 Å². The summed E-state index contributed by atoms with van der Waals surface area (Å²) in [5.41, 5.74) is 22.1. The normalized spacial score (nSPS) is 12.5. The lowest BCUT2D eigenvalue weighted by atomic mass is 9.79. The van der Waals surface area contributed by atoms with Gasteiger partial charge in [-0.2, -0.15) is 0 Å². The van der Waals surface area contributed by atoms with Crippen LogP contribution in [0.4, 0.5) is 17.1 Å². The molecule has 5 nitrogen and oxygen atoms in total. The Bertz CT molecular complexity index is 2900. The number of hydrogen-bond acceptors (Lipinski definition) is 5. The van der Waals surface area contributed by atoms with Crippen molar-refractivity contribution in [2.24, 2.45) is 0 Å². The van der Waals surface area contributed by atoms with Gasteiger partial charge in [-0.3, -0.25) is 0 Å². The van der Waals surface area contributed by atoms with E-state index in [-0.39, 0.29) is 25.0 Å². The number of phenolic OH excluding ortho intramolecular Hbond substituents is 2. The van der Waals surface area contributed by atoms with E-state index in [0.29, 0.717) is 23.3 Å². The number of aryl methyl sites for hydroxylation is 8. The first-order chi connectivity index (χ1) is 35.1. The lowest BCUT2D eigenvalue weighted by molar-refractivity contribution is 0.273. The van der Waals surface area contributed by atoms with Crippen LogP contribution < -0.4 is 4.90 Å². The van der Waals surface area contributed by atoms with Gasteiger partial charge in [-0.1, -0.05) is 140 Å². The predicted molar refractivity (Wildman–Crippen MR) is 306 cm³/mol. The van der Waals surface area contributed by atoms with Crippen LogP contribution in [0.25, 0.3) is 0 Å². The third-order valence-corrected chi connectivity index (χ3v) is 15.1. The highest BCUT2D eigenvalue weighted by Gasteiger charge is 2.25. The minimum Gasteiger partial charge on any atom is -0.508 e. The summed E-state index contributed by atoms with van der Waals surface area (Å²) in [5, 5.41) is 39.7. The van der Waals surface area contributed by atoms with Crippen LogP contribution in [-0.4, -0.2) is 33.6 Å². The number of hydrogen-bond donors (Lipinski definition) is 4. The highest BCUT2D eigenvalue weighted by atomic mass is 16.3. The van der Waals surface area contributed by atoms with Gasteiger partial charge in [0.25, 0.3) is 0 Å². The van der Waals surface area contributed by atoms with Gasteiger partial charge in [-0.25, -0.2) is 0 Å². The molecule has 4 N–H and O–H groups in total. The van der Waals surface area contributed by atoms with Crippen molar-refractivity contribution in [3.63, 3.8) is 0 Å². The molecule has 5 heteroatoms. The van der Waals surface area contributed by atoms with Crippen LogP contribution in [0.15, 0.2) is 164 Å². The maximum atomic E-state index is 10.4. The second-order valence-electron chi connectivity index (χ2n) is 20.3. The topological polar surface area (TPSA) is 84.2 Å². The standard InChI is InChI=1S/C37H37NO2.C31H40O2/c1-23-7-13-30(14-8-23)38(31-15-9-24(2)10-16-31)32-17-11-29(12-18-32)37(33-19-27(5)35(39)21-25(33)3)34-20-28(6)36(40)22-26(34)4;1-5-24(16-18-32)27-12-14-29(22(3)20-27)31(26-10-8-7-9-11-26)30-15-13-28(21-23(30)4)25(6-2)17-19-33/h7-22,37,39-40H,1-6H3;7-15,20-21,24-25,31-33H,5-6,16-19H2,1-4H3. The first-order valence-corrected chi connectivity index (χ1v) is 26.3. The summed E-state index contributed by atoms with van der Waals surface area (Å²) >= 11 is 0. The summed E-state index contributed by atoms with van der Waals surface area (Å²) in [5.74, 6) is 1.53. The van der Waals surface area contributed by atoms with E-state index in [4.69, 9.17) is 0 Å². The Kier molecular flexibility index (Phi) is 18.2. The first-order valence-electron chi connectivity index (χ1n) is 26.3. The summed E-state index contributed by atoms with van der Waals surface area (Å²) in [6.45, 7) is 21.5. The fourth-order valence-corrected chi connectivity index (χ4v) is 10.7. The Hall–Kier alpha value is -6.92. The van der Waals surface area contributed by atoms with Crippen molar-refractivity contribution in [2.45, 2.75) is 119 Å². The number of aliphatic hydroxyl groups excluding tert-OH is 2. The van der Waals surface area contributed by atoms with E-state index >= 15 is 0 Å². The number of anilines is 3. The lowest BCUT2D eigenvalue weighted by Gasteiger charge is -2.27. The zero-order valence-electron chi connectivity index (χ0n) is 44.9. The second-order valence-corrected chi connectivity index (χ2v) is 20.3. The Morgan fingerprint density at radius 3 is 1.07 bits per heavy atom. The van der Waals surface area contributed by atoms with Crippen LogP contribution in [0.3, 0.4) is 0 Å². The Morgan fingerprint density at radius 1 is 0.356 bits per heavy atom. The fourth-order valence-electron chi connectivity index (χ4n) is 10.7. The largest absolute Gasteiger partial charge is 0.508 e. The van der Waals surface area contributed by atoms with Crippen molar-refractivity contribution in [1.29, 1.82) is 0 Å². The molecular weight excluding hydrogens is 895 g/mol. The van der Waals surface area contributed by atoms with Crippen molar-refractivity contribution in [2.75, 3.05) is 18.1 Å². The van der Waals surface area contributed by atoms with Crippen molar-refractivity contribution >= 4 is 17.1 Å². The predicted octanol–water partition coefficient (Wildman–Crippen LogP) is 16.8. The number of aliphatic hydroxyl groups is 2. The molecule has 378 valence electrons. The Balaban J connectivity index is 0.000000218. The zero-order valence-corrected chi connectivity index (χ0v) is 44.9. The highest BCUT2D eigenvalue weighted by Crippen LogP contribution is 2.43. The van der Waals surface area contributed by atoms with Gasteiger partial charge >= 0.3 is 0 Å². The summed E-state index contributed by atoms with van der Waals surface area (Å²) in [7, 11) is 0. The lowest BCUT2D eigenvalue weighted by Crippen LogP contribution is -2.11. The van der Waals surface area contributed by atoms with Gasteiger partial charge in [0.1, 0.15) is 11.5 Å². The number of aromatic hydroxyl groups is 2. The highest BCUT2D eigenvalue weighted by molar-refractivity contribution is 5.77. The minimum atomic E-state index is -0.0557. The summed E-state index contributed by atoms with van der Waals surface area (Å²) in [6.07, 6.45) is 3.69. The second kappa shape index (κ2) is 24.7. The molecule has 0 aliphatic heterocycles. The van der Waals surface area contributed by atoms with E-state index in [0.717, 1.165) is 81.7 Å². The zero-order chi connectivity index (χ0) is 52.3. The summed E-state index contributed by atoms with van der Waals surface area (Å²) in [6, 6.07) is 58.5. The number of phenols is 2. The number of rotatable bonds is 17. The van der Waals surface area contributed by atoms with E-state index < -0.39 is 0 Å². The van der Waals surface area contributed by atoms with E-state index in [1.807, 2.05) is 26.0 Å². The molecule has 0 amide bonds. The molecule has 0 fully saturated rings. The molecule has 0 radical (unpaired) electrons. The summed E-state index contributed by atoms with van der Waals surface area (Å²) < 4.78 is 0. The van der Waals surface area contributed by atoms with E-state index in [9.17, 15) is 20.4 Å². The van der Waals surface area contributed by atoms with Crippen molar-refractivity contribution in [1.82, 2.24) is 0 Å². The molecule has 8 rings (SSSR count). The molecule has 0 saturated heterocycles. The van der Waals surface area contributed by atoms with E-state index in [1.165, 1.54) is 50.1 Å². The van der Waals surface area contributed by atoms with Gasteiger partial charge in [-0.05, 0) is 219 Å². The third-order valence-electron chi connectivity index (χ3n) is 15.1. The third kappa shape index (κ3) is 12.6. The van der Waals surface area contributed by atoms with Gasteiger partial charge < -0.3 is 25.3 Å². The van der Waals surface area contributed by atoms with Crippen LogP contribution in [0.1, 0.15) is 152 Å². The van der Waals surface area contributed by atoms with Crippen LogP contribution in [0, 0.1) is 55.4 Å². The van der Waals surface area contributed by atoms with E-state index in [1.54, 1.807) is 0 Å². The molecule has 0 spiro atoms. The average molecular weight is 972 g/mol. The molecule has 0 aliphatic rings. The molecule has 0 heterocycles. The van der Waals surface area contributed by atoms with Crippen LogP contribution in [0.5, 0.6) is 11.5 Å². The molecule has 73 heavy (non-hydrogen) atoms. The van der Waals surface area contributed by atoms with Crippen molar-refractivity contribution < 1.29 is 20.4 Å². The Morgan fingerprint density at radius 2 is 0.699 bits per heavy atom. The van der Waals surface area contributed by atoms with Gasteiger partial charge in [-0.15, -0.1) is 0 Å². The Labute approximate surface area is 436 Å². The molecule has 0 saturated carbocycles. The fraction of sp³-hybridized carbons (Fsp3) is 0.294. The number of nitrogens with zero attached hydrogens (tertiary/aromatic N) is 1. The molecule has 0 aliphatic carbocycles. The maximum Gasteiger partial charge on any atom is 0.118 e. The first kappa shape index (κ1) is 53.9. The van der Waals surface area contributed by atoms with Gasteiger partial charge in [0, 0.05) is 42.1 Å². The van der Waals surface area contributed by atoms with Crippen LogP contribution >= 0.6 is 0 Å². The van der Waals surface area contributed by atoms with E-state index in [2.05, 4.69) is 212 Å². The molecule has 0 aromatic heterocycles. The molecule has 8 aromatic carbocycles. The SMILES string of the molecule is CCC(CCO)c1ccc(C(c2ccccc2)c2ccc(C(CC)CCO)cc2C)c(C)c1.Cc1ccc(N(c2ccc(C)cc2)c2ccc(C(c3cc(C)c(O)cc3C)c3cc(C)c(O)cc3C)cc2)cc1. The van der Waals surface area contributed by atoms with Crippen molar-refractivity contribution in [3.8, 4) is 11.5 Å². The van der Waals surface area contributed by atoms with Crippen LogP contribution in [0.2, 0.25) is 0 Å². The quantitative estimate of drug-likeness (QED) is 0.0683. The number of benzene rings is 8. The smallest absolute Gasteiger partial charge is 0.118 e. The molecule has 8 aromatic rings. The molecule has 2 unspecified atom stereocenters. The van der Waals surface area contributed by atoms with Crippen molar-refractivity contribution in [3.05, 3.63) is 253 Å². The maximum absolute atomic E-state index is 10.4. The van der Waals surface area contributed by atoms with Gasteiger partial charge in [0.05, 0.1) is 0 Å². The van der Waals surface area contributed by atoms with Crippen LogP contribution in [-0.2, 0) is 0 Å². The monoisotopic (exact) mass is 972 g/mol. The molecular formula is C68H77NO4.